The fourth-order valence-corrected chi connectivity index (χ4v) is 2.74. The second kappa shape index (κ2) is 6.48. The van der Waals surface area contributed by atoms with Crippen molar-refractivity contribution in [2.24, 2.45) is 0 Å². The number of nitrogens with zero attached hydrogens (tertiary/aromatic N) is 1. The van der Waals surface area contributed by atoms with Gasteiger partial charge in [0.2, 0.25) is 5.91 Å². The van der Waals surface area contributed by atoms with Crippen molar-refractivity contribution < 1.29 is 9.59 Å². The Kier molecular flexibility index (Phi) is 4.24. The third kappa shape index (κ3) is 3.31. The van der Waals surface area contributed by atoms with Crippen LogP contribution in [0.5, 0.6) is 0 Å². The summed E-state index contributed by atoms with van der Waals surface area (Å²) >= 11 is 0. The van der Waals surface area contributed by atoms with Crippen LogP contribution in [0.15, 0.2) is 61.2 Å². The minimum absolute atomic E-state index is 0.0149. The van der Waals surface area contributed by atoms with Gasteiger partial charge in [0.25, 0.3) is 5.91 Å². The smallest absolute Gasteiger partial charge is 0.254 e. The average molecular weight is 306 g/mol. The maximum Gasteiger partial charge on any atom is 0.254 e. The van der Waals surface area contributed by atoms with E-state index >= 15 is 0 Å². The Morgan fingerprint density at radius 3 is 2.43 bits per heavy atom. The fourth-order valence-electron chi connectivity index (χ4n) is 2.74. The number of anilines is 1. The van der Waals surface area contributed by atoms with Gasteiger partial charge in [0.15, 0.2) is 0 Å². The molecule has 0 saturated heterocycles. The van der Waals surface area contributed by atoms with E-state index in [0.717, 1.165) is 13.0 Å². The van der Waals surface area contributed by atoms with Gasteiger partial charge in [-0.1, -0.05) is 30.8 Å². The predicted molar refractivity (Wildman–Crippen MR) is 90.2 cm³/mol. The Morgan fingerprint density at radius 1 is 1.04 bits per heavy atom. The molecule has 0 spiro atoms. The Balaban J connectivity index is 1.71. The summed E-state index contributed by atoms with van der Waals surface area (Å²) in [7, 11) is 0. The summed E-state index contributed by atoms with van der Waals surface area (Å²) in [5, 5.41) is 2.67. The summed E-state index contributed by atoms with van der Waals surface area (Å²) in [5.74, 6) is -0.252. The average Bonchev–Trinajstić information content (AvgIpc) is 2.61. The van der Waals surface area contributed by atoms with E-state index in [2.05, 4.69) is 24.0 Å². The molecular formula is C19H18N2O2. The first-order chi connectivity index (χ1) is 11.2. The molecule has 3 rings (SSSR count). The van der Waals surface area contributed by atoms with Crippen LogP contribution in [0.2, 0.25) is 0 Å². The largest absolute Gasteiger partial charge is 0.334 e. The normalized spacial score (nSPS) is 13.1. The van der Waals surface area contributed by atoms with Gasteiger partial charge in [0.1, 0.15) is 0 Å². The Bertz CT molecular complexity index is 750. The zero-order valence-electron chi connectivity index (χ0n) is 12.8. The lowest BCUT2D eigenvalue weighted by molar-refractivity contribution is -0.111. The molecule has 23 heavy (non-hydrogen) atoms. The summed E-state index contributed by atoms with van der Waals surface area (Å²) in [4.78, 5) is 25.7. The highest BCUT2D eigenvalue weighted by Crippen LogP contribution is 2.21. The third-order valence-corrected chi connectivity index (χ3v) is 4.00. The van der Waals surface area contributed by atoms with Crippen molar-refractivity contribution in [3.63, 3.8) is 0 Å². The lowest BCUT2D eigenvalue weighted by Crippen LogP contribution is -2.35. The van der Waals surface area contributed by atoms with Crippen molar-refractivity contribution >= 4 is 17.5 Å². The Morgan fingerprint density at radius 2 is 1.74 bits per heavy atom. The van der Waals surface area contributed by atoms with Crippen LogP contribution in [-0.4, -0.2) is 23.3 Å². The molecule has 1 aliphatic heterocycles. The van der Waals surface area contributed by atoms with Crippen LogP contribution in [0.1, 0.15) is 21.5 Å². The molecule has 1 aliphatic rings. The molecule has 1 heterocycles. The topological polar surface area (TPSA) is 49.4 Å². The van der Waals surface area contributed by atoms with Crippen LogP contribution in [0.4, 0.5) is 5.69 Å². The number of rotatable bonds is 3. The maximum absolute atomic E-state index is 12.6. The van der Waals surface area contributed by atoms with Crippen LogP contribution in [0.25, 0.3) is 0 Å². The fraction of sp³-hybridized carbons (Fsp3) is 0.158. The first-order valence-electron chi connectivity index (χ1n) is 7.57. The van der Waals surface area contributed by atoms with Crippen molar-refractivity contribution in [3.8, 4) is 0 Å². The summed E-state index contributed by atoms with van der Waals surface area (Å²) in [6.45, 7) is 4.78. The molecule has 0 atom stereocenters. The van der Waals surface area contributed by atoms with Crippen molar-refractivity contribution in [1.82, 2.24) is 4.90 Å². The standard InChI is InChI=1S/C19H18N2O2/c1-2-18(22)20-17-9-7-15(8-10-17)19(23)21-12-11-14-5-3-4-6-16(14)13-21/h2-10H,1,11-13H2,(H,20,22). The highest BCUT2D eigenvalue weighted by atomic mass is 16.2. The van der Waals surface area contributed by atoms with Crippen molar-refractivity contribution in [2.45, 2.75) is 13.0 Å². The Hall–Kier alpha value is -2.88. The number of nitrogens with one attached hydrogen (secondary N) is 1. The van der Waals surface area contributed by atoms with E-state index in [9.17, 15) is 9.59 Å². The number of hydrogen-bond acceptors (Lipinski definition) is 2. The van der Waals surface area contributed by atoms with Crippen LogP contribution >= 0.6 is 0 Å². The molecule has 0 unspecified atom stereocenters. The monoisotopic (exact) mass is 306 g/mol. The van der Waals surface area contributed by atoms with Gasteiger partial charge in [0.05, 0.1) is 0 Å². The molecule has 0 aromatic heterocycles. The molecule has 0 bridgehead atoms. The number of carbonyl (C=O) groups excluding carboxylic acids is 2. The number of fused-ring (bicyclic) bond motifs is 1. The zero-order valence-corrected chi connectivity index (χ0v) is 12.8. The molecule has 4 heteroatoms. The molecule has 2 aromatic carbocycles. The van der Waals surface area contributed by atoms with Gasteiger partial charge in [-0.25, -0.2) is 0 Å². The maximum atomic E-state index is 12.6. The van der Waals surface area contributed by atoms with Crippen molar-refractivity contribution in [2.75, 3.05) is 11.9 Å². The van der Waals surface area contributed by atoms with Crippen molar-refractivity contribution in [1.29, 1.82) is 0 Å². The van der Waals surface area contributed by atoms with Gasteiger partial charge in [-0.05, 0) is 47.9 Å². The number of hydrogen-bond donors (Lipinski definition) is 1. The highest BCUT2D eigenvalue weighted by Gasteiger charge is 2.21. The van der Waals surface area contributed by atoms with Gasteiger partial charge >= 0.3 is 0 Å². The Labute approximate surface area is 135 Å². The minimum Gasteiger partial charge on any atom is -0.334 e. The molecule has 0 radical (unpaired) electrons. The SMILES string of the molecule is C=CC(=O)Nc1ccc(C(=O)N2CCc3ccccc3C2)cc1. The number of amides is 2. The molecule has 4 nitrogen and oxygen atoms in total. The van der Waals surface area contributed by atoms with Crippen LogP contribution in [-0.2, 0) is 17.8 Å². The third-order valence-electron chi connectivity index (χ3n) is 4.00. The van der Waals surface area contributed by atoms with Crippen molar-refractivity contribution in [3.05, 3.63) is 77.9 Å². The van der Waals surface area contributed by atoms with E-state index in [-0.39, 0.29) is 11.8 Å². The van der Waals surface area contributed by atoms with Gasteiger partial charge in [-0.15, -0.1) is 0 Å². The summed E-state index contributed by atoms with van der Waals surface area (Å²) in [6.07, 6.45) is 2.10. The number of carbonyl (C=O) groups is 2. The van der Waals surface area contributed by atoms with Crippen LogP contribution in [0, 0.1) is 0 Å². The molecule has 0 aliphatic carbocycles. The van der Waals surface area contributed by atoms with E-state index in [1.54, 1.807) is 24.3 Å². The number of benzene rings is 2. The van der Waals surface area contributed by atoms with Gasteiger partial charge in [-0.3, -0.25) is 9.59 Å². The first kappa shape index (κ1) is 15.0. The molecule has 0 saturated carbocycles. The van der Waals surface area contributed by atoms with E-state index in [1.165, 1.54) is 17.2 Å². The molecule has 2 amide bonds. The van der Waals surface area contributed by atoms with Crippen LogP contribution < -0.4 is 5.32 Å². The van der Waals surface area contributed by atoms with Gasteiger partial charge in [-0.2, -0.15) is 0 Å². The van der Waals surface area contributed by atoms with E-state index in [0.29, 0.717) is 17.8 Å². The van der Waals surface area contributed by atoms with Crippen LogP contribution in [0.3, 0.4) is 0 Å². The highest BCUT2D eigenvalue weighted by molar-refractivity contribution is 5.99. The van der Waals surface area contributed by atoms with E-state index in [1.807, 2.05) is 17.0 Å². The predicted octanol–water partition coefficient (Wildman–Crippen LogP) is 3.01. The second-order valence-corrected chi connectivity index (χ2v) is 5.52. The lowest BCUT2D eigenvalue weighted by atomic mass is 9.99. The summed E-state index contributed by atoms with van der Waals surface area (Å²) in [6, 6.07) is 15.2. The molecule has 0 fully saturated rings. The summed E-state index contributed by atoms with van der Waals surface area (Å²) < 4.78 is 0. The molecular weight excluding hydrogens is 288 g/mol. The molecule has 2 aromatic rings. The van der Waals surface area contributed by atoms with Gasteiger partial charge in [0, 0.05) is 24.3 Å². The molecule has 116 valence electrons. The van der Waals surface area contributed by atoms with E-state index < -0.39 is 0 Å². The zero-order chi connectivity index (χ0) is 16.2. The molecule has 1 N–H and O–H groups in total. The lowest BCUT2D eigenvalue weighted by Gasteiger charge is -2.29. The quantitative estimate of drug-likeness (QED) is 0.886. The minimum atomic E-state index is -0.267. The second-order valence-electron chi connectivity index (χ2n) is 5.52. The van der Waals surface area contributed by atoms with Gasteiger partial charge < -0.3 is 10.2 Å². The first-order valence-corrected chi connectivity index (χ1v) is 7.57. The summed E-state index contributed by atoms with van der Waals surface area (Å²) in [5.41, 5.74) is 3.80. The van der Waals surface area contributed by atoms with E-state index in [4.69, 9.17) is 0 Å².